The Balaban J connectivity index is 0.000000277. The SMILES string of the molecule is CC.CN(C)C1CCCCC1.COC(=O)CS(=O)N1CCc2sc3nc[nH]c(=O)c3c2C1. The van der Waals surface area contributed by atoms with E-state index in [1.165, 1.54) is 56.9 Å². The maximum absolute atomic E-state index is 12.2. The van der Waals surface area contributed by atoms with E-state index in [2.05, 4.69) is 33.7 Å². The largest absolute Gasteiger partial charge is 0.468 e. The first-order valence-corrected chi connectivity index (χ1v) is 13.3. The molecule has 1 aliphatic heterocycles. The summed E-state index contributed by atoms with van der Waals surface area (Å²) in [7, 11) is 4.20. The molecule has 8 nitrogen and oxygen atoms in total. The summed E-state index contributed by atoms with van der Waals surface area (Å²) in [6.07, 6.45) is 9.29. The number of fused-ring (bicyclic) bond motifs is 3. The van der Waals surface area contributed by atoms with Crippen LogP contribution < -0.4 is 5.56 Å². The number of aromatic nitrogens is 2. The van der Waals surface area contributed by atoms with Gasteiger partial charge in [0.15, 0.2) is 0 Å². The number of rotatable bonds is 4. The predicted octanol–water partition coefficient (Wildman–Crippen LogP) is 3.09. The molecular formula is C22H36N4O4S2. The zero-order chi connectivity index (χ0) is 23.7. The van der Waals surface area contributed by atoms with Crippen LogP contribution in [0.25, 0.3) is 10.2 Å². The number of hydrogen-bond donors (Lipinski definition) is 1. The average molecular weight is 485 g/mol. The minimum absolute atomic E-state index is 0.164. The highest BCUT2D eigenvalue weighted by Crippen LogP contribution is 2.32. The summed E-state index contributed by atoms with van der Waals surface area (Å²) < 4.78 is 18.4. The minimum atomic E-state index is -1.45. The molecular weight excluding hydrogens is 448 g/mol. The first kappa shape index (κ1) is 26.6. The molecule has 0 spiro atoms. The molecule has 1 saturated carbocycles. The number of ether oxygens (including phenoxy) is 1. The maximum atomic E-state index is 12.2. The molecule has 1 aliphatic carbocycles. The van der Waals surface area contributed by atoms with Crippen molar-refractivity contribution in [3.8, 4) is 0 Å². The lowest BCUT2D eigenvalue weighted by Crippen LogP contribution is -2.35. The van der Waals surface area contributed by atoms with Crippen molar-refractivity contribution in [1.82, 2.24) is 19.2 Å². The van der Waals surface area contributed by atoms with Crippen molar-refractivity contribution in [2.24, 2.45) is 0 Å². The first-order chi connectivity index (χ1) is 15.4. The third-order valence-electron chi connectivity index (χ3n) is 5.66. The van der Waals surface area contributed by atoms with Crippen LogP contribution in [0.1, 0.15) is 56.4 Å². The Morgan fingerprint density at radius 2 is 2.00 bits per heavy atom. The summed E-state index contributed by atoms with van der Waals surface area (Å²) in [5.74, 6) is -0.670. The second-order valence-corrected chi connectivity index (χ2v) is 10.4. The summed E-state index contributed by atoms with van der Waals surface area (Å²) in [5, 5.41) is 0.567. The minimum Gasteiger partial charge on any atom is -0.468 e. The van der Waals surface area contributed by atoms with E-state index < -0.39 is 17.0 Å². The van der Waals surface area contributed by atoms with Crippen LogP contribution in [0, 0.1) is 0 Å². The van der Waals surface area contributed by atoms with Crippen LogP contribution in [0.3, 0.4) is 0 Å². The number of hydrogen-bond acceptors (Lipinski definition) is 7. The number of aromatic amines is 1. The van der Waals surface area contributed by atoms with E-state index >= 15 is 0 Å². The molecule has 0 aromatic carbocycles. The van der Waals surface area contributed by atoms with Crippen molar-refractivity contribution in [2.75, 3.05) is 33.5 Å². The van der Waals surface area contributed by atoms with Crippen molar-refractivity contribution in [3.05, 3.63) is 27.1 Å². The average Bonchev–Trinajstić information content (AvgIpc) is 3.20. The monoisotopic (exact) mass is 484 g/mol. The van der Waals surface area contributed by atoms with Crippen LogP contribution in [0.5, 0.6) is 0 Å². The Hall–Kier alpha value is -1.62. The maximum Gasteiger partial charge on any atom is 0.319 e. The van der Waals surface area contributed by atoms with E-state index in [1.807, 2.05) is 13.8 Å². The molecule has 2 aliphatic rings. The number of carbonyl (C=O) groups is 1. The highest BCUT2D eigenvalue weighted by atomic mass is 32.2. The van der Waals surface area contributed by atoms with Crippen molar-refractivity contribution in [2.45, 2.75) is 65.0 Å². The molecule has 0 saturated heterocycles. The Morgan fingerprint density at radius 3 is 2.59 bits per heavy atom. The number of esters is 1. The number of carbonyl (C=O) groups excluding carboxylic acids is 1. The van der Waals surface area contributed by atoms with Gasteiger partial charge in [-0.1, -0.05) is 33.1 Å². The van der Waals surface area contributed by atoms with Gasteiger partial charge < -0.3 is 14.6 Å². The topological polar surface area (TPSA) is 95.6 Å². The molecule has 3 heterocycles. The van der Waals surface area contributed by atoms with E-state index in [-0.39, 0.29) is 11.3 Å². The fourth-order valence-corrected chi connectivity index (χ4v) is 6.13. The fourth-order valence-electron chi connectivity index (χ4n) is 3.92. The molecule has 10 heteroatoms. The molecule has 1 atom stereocenters. The molecule has 0 amide bonds. The van der Waals surface area contributed by atoms with Crippen LogP contribution >= 0.6 is 11.3 Å². The summed E-state index contributed by atoms with van der Waals surface area (Å²) in [4.78, 5) is 34.1. The van der Waals surface area contributed by atoms with E-state index in [1.54, 1.807) is 4.31 Å². The highest BCUT2D eigenvalue weighted by Gasteiger charge is 2.27. The number of methoxy groups -OCH3 is 1. The van der Waals surface area contributed by atoms with E-state index in [4.69, 9.17) is 0 Å². The third kappa shape index (κ3) is 6.94. The second-order valence-electron chi connectivity index (χ2n) is 7.83. The number of nitrogens with one attached hydrogen (secondary N) is 1. The number of thiophene rings is 1. The van der Waals surface area contributed by atoms with Crippen LogP contribution in [0.15, 0.2) is 11.1 Å². The summed E-state index contributed by atoms with van der Waals surface area (Å²) in [6, 6.07) is 0.888. The van der Waals surface area contributed by atoms with E-state index in [0.29, 0.717) is 29.7 Å². The normalized spacial score (nSPS) is 17.6. The van der Waals surface area contributed by atoms with E-state index in [0.717, 1.165) is 16.5 Å². The van der Waals surface area contributed by atoms with Gasteiger partial charge in [0.25, 0.3) is 5.56 Å². The lowest BCUT2D eigenvalue weighted by atomic mass is 9.95. The van der Waals surface area contributed by atoms with Gasteiger partial charge >= 0.3 is 5.97 Å². The Morgan fingerprint density at radius 1 is 1.31 bits per heavy atom. The van der Waals surface area contributed by atoms with Gasteiger partial charge in [0, 0.05) is 24.0 Å². The molecule has 1 fully saturated rings. The van der Waals surface area contributed by atoms with Gasteiger partial charge in [-0.25, -0.2) is 13.5 Å². The smallest absolute Gasteiger partial charge is 0.319 e. The number of nitrogens with zero attached hydrogens (tertiary/aromatic N) is 3. The van der Waals surface area contributed by atoms with Gasteiger partial charge in [-0.2, -0.15) is 0 Å². The molecule has 1 unspecified atom stereocenters. The molecule has 2 aromatic rings. The van der Waals surface area contributed by atoms with Gasteiger partial charge in [-0.3, -0.25) is 9.59 Å². The molecule has 2 aromatic heterocycles. The van der Waals surface area contributed by atoms with Crippen molar-refractivity contribution in [1.29, 1.82) is 0 Å². The van der Waals surface area contributed by atoms with Gasteiger partial charge in [0.2, 0.25) is 0 Å². The lowest BCUT2D eigenvalue weighted by Gasteiger charge is -2.27. The standard InChI is InChI=1S/C12H13N3O4S2.C8H17N.C2H6/c1-19-9(16)5-21(18)15-3-2-8-7(4-15)10-11(17)13-6-14-12(10)20-8;1-9(2)8-6-4-3-5-7-8;1-2/h6H,2-5H2,1H3,(H,13,14,17);8H,3-7H2,1-2H3;1-2H3. The van der Waals surface area contributed by atoms with Gasteiger partial charge in [0.1, 0.15) is 21.6 Å². The zero-order valence-corrected chi connectivity index (χ0v) is 21.4. The van der Waals surface area contributed by atoms with Crippen molar-refractivity contribution < 1.29 is 13.7 Å². The third-order valence-corrected chi connectivity index (χ3v) is 8.23. The summed E-state index contributed by atoms with van der Waals surface area (Å²) in [5.41, 5.74) is 0.687. The Kier molecular flexibility index (Phi) is 11.0. The first-order valence-electron chi connectivity index (χ1n) is 11.2. The quantitative estimate of drug-likeness (QED) is 0.670. The lowest BCUT2D eigenvalue weighted by molar-refractivity contribution is -0.137. The molecule has 0 bridgehead atoms. The number of H-pyrrole nitrogens is 1. The molecule has 0 radical (unpaired) electrons. The van der Waals surface area contributed by atoms with E-state index in [9.17, 15) is 13.8 Å². The van der Waals surface area contributed by atoms with Crippen molar-refractivity contribution in [3.63, 3.8) is 0 Å². The van der Waals surface area contributed by atoms with Crippen LogP contribution in [-0.2, 0) is 33.5 Å². The van der Waals surface area contributed by atoms with Crippen LogP contribution in [0.4, 0.5) is 0 Å². The van der Waals surface area contributed by atoms with Gasteiger partial charge in [0.05, 0.1) is 18.8 Å². The molecule has 180 valence electrons. The molecule has 1 N–H and O–H groups in total. The second kappa shape index (κ2) is 13.2. The van der Waals surface area contributed by atoms with Crippen LogP contribution in [-0.4, -0.2) is 68.9 Å². The van der Waals surface area contributed by atoms with Gasteiger partial charge in [-0.15, -0.1) is 11.3 Å². The molecule has 32 heavy (non-hydrogen) atoms. The summed E-state index contributed by atoms with van der Waals surface area (Å²) >= 11 is 1.50. The van der Waals surface area contributed by atoms with Gasteiger partial charge in [-0.05, 0) is 38.9 Å². The van der Waals surface area contributed by atoms with Crippen LogP contribution in [0.2, 0.25) is 0 Å². The zero-order valence-electron chi connectivity index (χ0n) is 19.8. The highest BCUT2D eigenvalue weighted by molar-refractivity contribution is 7.83. The predicted molar refractivity (Wildman–Crippen MR) is 131 cm³/mol. The Labute approximate surface area is 196 Å². The fraction of sp³-hybridized carbons (Fsp3) is 0.682. The summed E-state index contributed by atoms with van der Waals surface area (Å²) in [6.45, 7) is 4.97. The van der Waals surface area contributed by atoms with Crippen molar-refractivity contribution >= 4 is 38.5 Å². The molecule has 4 rings (SSSR count). The Bertz CT molecular complexity index is 951.